The predicted octanol–water partition coefficient (Wildman–Crippen LogP) is -1.58. The van der Waals surface area contributed by atoms with Crippen LogP contribution in [0.5, 0.6) is 0 Å². The molecule has 0 heterocycles. The number of hydrogen-bond donors (Lipinski definition) is 3. The molecular weight excluding hydrogens is 110 g/mol. The van der Waals surface area contributed by atoms with Gasteiger partial charge in [0.2, 0.25) is 5.91 Å². The Morgan fingerprint density at radius 1 is 1.62 bits per heavy atom. The molecule has 0 fully saturated rings. The predicted molar refractivity (Wildman–Crippen MR) is 26.6 cm³/mol. The second-order valence-corrected chi connectivity index (χ2v) is 1.60. The maximum Gasteiger partial charge on any atom is 0.225 e. The van der Waals surface area contributed by atoms with Crippen LogP contribution in [0, 0.1) is 5.92 Å². The molecule has 0 saturated carbocycles. The van der Waals surface area contributed by atoms with E-state index in [9.17, 15) is 4.79 Å². The van der Waals surface area contributed by atoms with E-state index < -0.39 is 18.1 Å². The Bertz CT molecular complexity index is 91.3. The van der Waals surface area contributed by atoms with E-state index in [1.165, 1.54) is 6.92 Å². The molecule has 0 aromatic carbocycles. The Morgan fingerprint density at radius 3 is 2.00 bits per heavy atom. The van der Waals surface area contributed by atoms with Gasteiger partial charge in [-0.3, -0.25) is 4.79 Å². The molecule has 0 radical (unpaired) electrons. The molecule has 0 saturated heterocycles. The van der Waals surface area contributed by atoms with E-state index in [2.05, 4.69) is 5.73 Å². The first kappa shape index (κ1) is 7.39. The van der Waals surface area contributed by atoms with Gasteiger partial charge in [0.1, 0.15) is 0 Å². The zero-order valence-electron chi connectivity index (χ0n) is 4.53. The molecule has 8 heavy (non-hydrogen) atoms. The van der Waals surface area contributed by atoms with Crippen LogP contribution in [-0.2, 0) is 4.79 Å². The normalized spacial score (nSPS) is 14.0. The topological polar surface area (TPSA) is 83.6 Å². The minimum atomic E-state index is -1.63. The van der Waals surface area contributed by atoms with Crippen molar-refractivity contribution in [2.75, 3.05) is 0 Å². The summed E-state index contributed by atoms with van der Waals surface area (Å²) in [5, 5.41) is 16.5. The summed E-state index contributed by atoms with van der Waals surface area (Å²) in [4.78, 5) is 10.0. The van der Waals surface area contributed by atoms with Crippen LogP contribution in [0.25, 0.3) is 0 Å². The number of rotatable bonds is 2. The minimum absolute atomic E-state index is 0.708. The van der Waals surface area contributed by atoms with Gasteiger partial charge in [-0.25, -0.2) is 0 Å². The maximum atomic E-state index is 10.0. The molecule has 0 spiro atoms. The Hall–Kier alpha value is -0.610. The SMILES string of the molecule is CC(C(N)=O)C(O)O. The molecule has 0 aromatic rings. The van der Waals surface area contributed by atoms with E-state index in [1.54, 1.807) is 0 Å². The van der Waals surface area contributed by atoms with Gasteiger partial charge in [0, 0.05) is 0 Å². The highest BCUT2D eigenvalue weighted by Gasteiger charge is 2.15. The second-order valence-electron chi connectivity index (χ2n) is 1.60. The number of nitrogens with two attached hydrogens (primary N) is 1. The highest BCUT2D eigenvalue weighted by Crippen LogP contribution is 1.95. The molecule has 1 amide bonds. The lowest BCUT2D eigenvalue weighted by molar-refractivity contribution is -0.136. The van der Waals surface area contributed by atoms with Crippen LogP contribution >= 0.6 is 0 Å². The van der Waals surface area contributed by atoms with Crippen LogP contribution in [0.4, 0.5) is 0 Å². The zero-order chi connectivity index (χ0) is 6.73. The summed E-state index contributed by atoms with van der Waals surface area (Å²) in [6, 6.07) is 0. The smallest absolute Gasteiger partial charge is 0.225 e. The fraction of sp³-hybridized carbons (Fsp3) is 0.750. The lowest BCUT2D eigenvalue weighted by atomic mass is 10.2. The van der Waals surface area contributed by atoms with Crippen molar-refractivity contribution < 1.29 is 15.0 Å². The lowest BCUT2D eigenvalue weighted by Crippen LogP contribution is -2.30. The number of carbonyl (C=O) groups excluding carboxylic acids is 1. The van der Waals surface area contributed by atoms with E-state index >= 15 is 0 Å². The van der Waals surface area contributed by atoms with Gasteiger partial charge >= 0.3 is 0 Å². The fourth-order valence-electron chi connectivity index (χ4n) is 0.147. The monoisotopic (exact) mass is 119 g/mol. The molecule has 0 rings (SSSR count). The number of aliphatic hydroxyl groups is 2. The number of carbonyl (C=O) groups is 1. The summed E-state index contributed by atoms with van der Waals surface area (Å²) in [6.07, 6.45) is -1.63. The van der Waals surface area contributed by atoms with Crippen LogP contribution in [0.3, 0.4) is 0 Å². The number of hydrogen-bond acceptors (Lipinski definition) is 3. The summed E-state index contributed by atoms with van der Waals surface area (Å²) in [5.74, 6) is -1.59. The van der Waals surface area contributed by atoms with Gasteiger partial charge in [0.15, 0.2) is 6.29 Å². The first-order valence-corrected chi connectivity index (χ1v) is 2.21. The fourth-order valence-corrected chi connectivity index (χ4v) is 0.147. The van der Waals surface area contributed by atoms with Crippen molar-refractivity contribution in [1.29, 1.82) is 0 Å². The summed E-state index contributed by atoms with van der Waals surface area (Å²) in [5.41, 5.74) is 4.68. The van der Waals surface area contributed by atoms with Crippen LogP contribution in [0.1, 0.15) is 6.92 Å². The molecular formula is C4H9NO3. The van der Waals surface area contributed by atoms with Crippen LogP contribution < -0.4 is 5.73 Å². The Morgan fingerprint density at radius 2 is 2.00 bits per heavy atom. The molecule has 4 N–H and O–H groups in total. The largest absolute Gasteiger partial charge is 0.369 e. The van der Waals surface area contributed by atoms with Crippen molar-refractivity contribution in [2.24, 2.45) is 11.7 Å². The molecule has 4 nitrogen and oxygen atoms in total. The summed E-state index contributed by atoms with van der Waals surface area (Å²) in [7, 11) is 0. The molecule has 0 aliphatic rings. The van der Waals surface area contributed by atoms with E-state index in [4.69, 9.17) is 10.2 Å². The van der Waals surface area contributed by atoms with Crippen LogP contribution in [0.15, 0.2) is 0 Å². The average molecular weight is 119 g/mol. The third-order valence-electron chi connectivity index (χ3n) is 0.896. The third kappa shape index (κ3) is 1.90. The first-order valence-electron chi connectivity index (χ1n) is 2.21. The van der Waals surface area contributed by atoms with Gasteiger partial charge < -0.3 is 15.9 Å². The van der Waals surface area contributed by atoms with Crippen molar-refractivity contribution >= 4 is 5.91 Å². The standard InChI is InChI=1S/C4H9NO3/c1-2(3(5)6)4(7)8/h2,4,7-8H,1H3,(H2,5,6). The number of aliphatic hydroxyl groups excluding tert-OH is 1. The van der Waals surface area contributed by atoms with E-state index in [-0.39, 0.29) is 0 Å². The van der Waals surface area contributed by atoms with Gasteiger partial charge in [-0.05, 0) is 6.92 Å². The molecule has 0 aromatic heterocycles. The van der Waals surface area contributed by atoms with E-state index in [0.29, 0.717) is 0 Å². The summed E-state index contributed by atoms with van der Waals surface area (Å²) < 4.78 is 0. The van der Waals surface area contributed by atoms with Gasteiger partial charge in [-0.1, -0.05) is 0 Å². The van der Waals surface area contributed by atoms with Gasteiger partial charge in [0.05, 0.1) is 5.92 Å². The molecule has 48 valence electrons. The highest BCUT2D eigenvalue weighted by atomic mass is 16.5. The Balaban J connectivity index is 3.64. The highest BCUT2D eigenvalue weighted by molar-refractivity contribution is 5.76. The number of amides is 1. The molecule has 1 atom stereocenters. The molecule has 0 aliphatic heterocycles. The summed E-state index contributed by atoms with van der Waals surface area (Å²) in [6.45, 7) is 1.34. The zero-order valence-corrected chi connectivity index (χ0v) is 4.53. The average Bonchev–Trinajstić information content (AvgIpc) is 1.64. The first-order chi connectivity index (χ1) is 3.55. The second kappa shape index (κ2) is 2.64. The van der Waals surface area contributed by atoms with Crippen molar-refractivity contribution in [3.05, 3.63) is 0 Å². The van der Waals surface area contributed by atoms with Gasteiger partial charge in [-0.2, -0.15) is 0 Å². The minimum Gasteiger partial charge on any atom is -0.369 e. The Kier molecular flexibility index (Phi) is 2.44. The van der Waals surface area contributed by atoms with Crippen molar-refractivity contribution in [3.63, 3.8) is 0 Å². The quantitative estimate of drug-likeness (QED) is 0.383. The van der Waals surface area contributed by atoms with Crippen molar-refractivity contribution in [1.82, 2.24) is 0 Å². The van der Waals surface area contributed by atoms with Crippen molar-refractivity contribution in [2.45, 2.75) is 13.2 Å². The summed E-state index contributed by atoms with van der Waals surface area (Å²) >= 11 is 0. The Labute approximate surface area is 46.9 Å². The molecule has 0 bridgehead atoms. The third-order valence-corrected chi connectivity index (χ3v) is 0.896. The van der Waals surface area contributed by atoms with Crippen molar-refractivity contribution in [3.8, 4) is 0 Å². The maximum absolute atomic E-state index is 10.0. The van der Waals surface area contributed by atoms with Gasteiger partial charge in [-0.15, -0.1) is 0 Å². The van der Waals surface area contributed by atoms with Crippen LogP contribution in [0.2, 0.25) is 0 Å². The molecule has 0 aliphatic carbocycles. The molecule has 1 unspecified atom stereocenters. The molecule has 4 heteroatoms. The van der Waals surface area contributed by atoms with Gasteiger partial charge in [0.25, 0.3) is 0 Å². The van der Waals surface area contributed by atoms with E-state index in [0.717, 1.165) is 0 Å². The lowest BCUT2D eigenvalue weighted by Gasteiger charge is -2.06. The number of primary amides is 1. The van der Waals surface area contributed by atoms with E-state index in [1.807, 2.05) is 0 Å². The van der Waals surface area contributed by atoms with Crippen LogP contribution in [-0.4, -0.2) is 22.4 Å².